The predicted molar refractivity (Wildman–Crippen MR) is 119 cm³/mol. The zero-order chi connectivity index (χ0) is 26.9. The van der Waals surface area contributed by atoms with E-state index in [1.807, 2.05) is 0 Å². The molecule has 0 N–H and O–H groups in total. The van der Waals surface area contributed by atoms with E-state index in [9.17, 15) is 28.8 Å². The molecular formula is C22H21Cl2NO11. The van der Waals surface area contributed by atoms with Gasteiger partial charge in [-0.05, 0) is 12.1 Å². The lowest BCUT2D eigenvalue weighted by Gasteiger charge is -2.46. The average Bonchev–Trinajstić information content (AvgIpc) is 2.98. The highest BCUT2D eigenvalue weighted by atomic mass is 35.5. The molecule has 3 rings (SSSR count). The molecule has 0 aliphatic carbocycles. The van der Waals surface area contributed by atoms with E-state index in [1.165, 1.54) is 12.1 Å². The number of hydrogen-bond donors (Lipinski definition) is 0. The number of esters is 4. The molecule has 12 nitrogen and oxygen atoms in total. The maximum Gasteiger partial charge on any atom is 0.305 e. The highest BCUT2D eigenvalue weighted by Gasteiger charge is 2.58. The lowest BCUT2D eigenvalue weighted by Crippen LogP contribution is -2.67. The van der Waals surface area contributed by atoms with Crippen molar-refractivity contribution >= 4 is 58.9 Å². The number of fused-ring (bicyclic) bond motifs is 1. The number of carbonyl (C=O) groups is 6. The maximum atomic E-state index is 13.3. The second-order valence-corrected chi connectivity index (χ2v) is 8.70. The first-order chi connectivity index (χ1) is 16.8. The second-order valence-electron chi connectivity index (χ2n) is 7.89. The van der Waals surface area contributed by atoms with Gasteiger partial charge in [0.05, 0.1) is 21.2 Å². The summed E-state index contributed by atoms with van der Waals surface area (Å²) in [4.78, 5) is 74.6. The molecule has 0 aromatic heterocycles. The monoisotopic (exact) mass is 545 g/mol. The molecule has 2 aliphatic rings. The van der Waals surface area contributed by atoms with Gasteiger partial charge in [0.25, 0.3) is 11.8 Å². The predicted octanol–water partition coefficient (Wildman–Crippen LogP) is 1.67. The van der Waals surface area contributed by atoms with Gasteiger partial charge in [-0.1, -0.05) is 23.2 Å². The van der Waals surface area contributed by atoms with Gasteiger partial charge in [-0.25, -0.2) is 0 Å². The van der Waals surface area contributed by atoms with Crippen molar-refractivity contribution in [3.05, 3.63) is 33.3 Å². The van der Waals surface area contributed by atoms with E-state index in [2.05, 4.69) is 0 Å². The number of hydrogen-bond acceptors (Lipinski definition) is 11. The van der Waals surface area contributed by atoms with Crippen molar-refractivity contribution in [1.82, 2.24) is 4.90 Å². The van der Waals surface area contributed by atoms with E-state index in [1.54, 1.807) is 0 Å². The van der Waals surface area contributed by atoms with Crippen molar-refractivity contribution in [3.8, 4) is 0 Å². The number of halogens is 2. The summed E-state index contributed by atoms with van der Waals surface area (Å²) < 4.78 is 26.7. The summed E-state index contributed by atoms with van der Waals surface area (Å²) in [6, 6.07) is 0.774. The molecule has 14 heteroatoms. The van der Waals surface area contributed by atoms with E-state index < -0.39 is 72.9 Å². The summed E-state index contributed by atoms with van der Waals surface area (Å²) in [7, 11) is 0. The molecule has 0 saturated carbocycles. The van der Waals surface area contributed by atoms with Gasteiger partial charge in [0.15, 0.2) is 12.2 Å². The molecule has 5 atom stereocenters. The number of imide groups is 1. The van der Waals surface area contributed by atoms with Crippen LogP contribution in [0, 0.1) is 0 Å². The van der Waals surface area contributed by atoms with E-state index >= 15 is 0 Å². The van der Waals surface area contributed by atoms with Crippen molar-refractivity contribution < 1.29 is 52.5 Å². The Morgan fingerprint density at radius 3 is 1.72 bits per heavy atom. The van der Waals surface area contributed by atoms with Crippen molar-refractivity contribution in [3.63, 3.8) is 0 Å². The van der Waals surface area contributed by atoms with Crippen LogP contribution < -0.4 is 0 Å². The number of benzene rings is 1. The zero-order valence-electron chi connectivity index (χ0n) is 19.4. The fraction of sp³-hybridized carbons (Fsp3) is 0.455. The minimum atomic E-state index is -1.70. The standard InChI is InChI=1S/C22H21Cl2NO11/c1-8(26)32-7-16-18(33-9(2)27)19(34-10(3)28)17(22(36-16)35-11(4)29)25-20(30)12-5-14(23)15(24)6-13(12)21(25)31/h5-6,16-19,22H,7H2,1-4H3/t16-,17-,18-,19-,22?/m1/s1. The zero-order valence-corrected chi connectivity index (χ0v) is 21.0. The molecule has 0 bridgehead atoms. The first-order valence-corrected chi connectivity index (χ1v) is 11.2. The molecule has 194 valence electrons. The lowest BCUT2D eigenvalue weighted by molar-refractivity contribution is -0.278. The van der Waals surface area contributed by atoms with Gasteiger partial charge in [-0.15, -0.1) is 0 Å². The Kier molecular flexibility index (Phi) is 8.22. The molecular weight excluding hydrogens is 525 g/mol. The Morgan fingerprint density at radius 1 is 0.806 bits per heavy atom. The van der Waals surface area contributed by atoms with E-state index in [4.69, 9.17) is 46.9 Å². The summed E-state index contributed by atoms with van der Waals surface area (Å²) in [6.07, 6.45) is -6.06. The Morgan fingerprint density at radius 2 is 1.28 bits per heavy atom. The van der Waals surface area contributed by atoms with Crippen LogP contribution in [0.15, 0.2) is 12.1 Å². The Labute approximate surface area is 214 Å². The maximum absolute atomic E-state index is 13.3. The van der Waals surface area contributed by atoms with Gasteiger partial charge in [-0.2, -0.15) is 0 Å². The number of rotatable bonds is 6. The van der Waals surface area contributed by atoms with Crippen molar-refractivity contribution in [1.29, 1.82) is 0 Å². The highest BCUT2D eigenvalue weighted by molar-refractivity contribution is 6.43. The van der Waals surface area contributed by atoms with Crippen LogP contribution in [0.3, 0.4) is 0 Å². The van der Waals surface area contributed by atoms with Crippen LogP contribution >= 0.6 is 23.2 Å². The lowest BCUT2D eigenvalue weighted by atomic mass is 9.94. The first-order valence-electron chi connectivity index (χ1n) is 10.5. The Hall–Kier alpha value is -3.22. The van der Waals surface area contributed by atoms with Crippen LogP contribution in [0.5, 0.6) is 0 Å². The molecule has 0 radical (unpaired) electrons. The van der Waals surface area contributed by atoms with Gasteiger partial charge in [-0.3, -0.25) is 33.7 Å². The number of nitrogens with zero attached hydrogens (tertiary/aromatic N) is 1. The first kappa shape index (κ1) is 27.4. The van der Waals surface area contributed by atoms with Crippen LogP contribution in [0.4, 0.5) is 0 Å². The fourth-order valence-electron chi connectivity index (χ4n) is 3.94. The smallest absolute Gasteiger partial charge is 0.305 e. The molecule has 0 spiro atoms. The van der Waals surface area contributed by atoms with Crippen LogP contribution in [-0.2, 0) is 42.9 Å². The van der Waals surface area contributed by atoms with Crippen LogP contribution in [0.1, 0.15) is 48.4 Å². The fourth-order valence-corrected chi connectivity index (χ4v) is 4.27. The number of carbonyl (C=O) groups excluding carboxylic acids is 6. The van der Waals surface area contributed by atoms with Gasteiger partial charge < -0.3 is 23.7 Å². The molecule has 2 amide bonds. The quantitative estimate of drug-likeness (QED) is 0.291. The summed E-state index contributed by atoms with van der Waals surface area (Å²) in [5.41, 5.74) is -0.216. The minimum Gasteiger partial charge on any atom is -0.463 e. The minimum absolute atomic E-state index is 0.00520. The van der Waals surface area contributed by atoms with Gasteiger partial charge in [0.1, 0.15) is 18.8 Å². The summed E-state index contributed by atoms with van der Waals surface area (Å²) in [6.45, 7) is 3.77. The summed E-state index contributed by atoms with van der Waals surface area (Å²) >= 11 is 12.0. The topological polar surface area (TPSA) is 152 Å². The van der Waals surface area contributed by atoms with Crippen molar-refractivity contribution in [2.24, 2.45) is 0 Å². The number of ether oxygens (including phenoxy) is 5. The average molecular weight is 546 g/mol. The SMILES string of the molecule is CC(=O)OC[C@H]1OC(OC(C)=O)[C@H](N2C(=O)c3cc(Cl)c(Cl)cc3C2=O)[C@@H](OC(C)=O)[C@@H]1OC(C)=O. The van der Waals surface area contributed by atoms with Crippen LogP contribution in [0.2, 0.25) is 10.0 Å². The molecule has 1 aromatic carbocycles. The van der Waals surface area contributed by atoms with Crippen LogP contribution in [-0.4, -0.2) is 77.8 Å². The third-order valence-corrected chi connectivity index (χ3v) is 5.93. The molecule has 1 unspecified atom stereocenters. The van der Waals surface area contributed by atoms with Gasteiger partial charge >= 0.3 is 23.9 Å². The van der Waals surface area contributed by atoms with Gasteiger partial charge in [0, 0.05) is 27.7 Å². The van der Waals surface area contributed by atoms with Crippen LogP contribution in [0.25, 0.3) is 0 Å². The van der Waals surface area contributed by atoms with Crippen molar-refractivity contribution in [2.75, 3.05) is 6.61 Å². The Bertz CT molecular complexity index is 1100. The number of amides is 2. The molecule has 1 saturated heterocycles. The van der Waals surface area contributed by atoms with E-state index in [-0.39, 0.29) is 21.2 Å². The largest absolute Gasteiger partial charge is 0.463 e. The molecule has 2 heterocycles. The molecule has 1 fully saturated rings. The van der Waals surface area contributed by atoms with E-state index in [0.717, 1.165) is 27.7 Å². The van der Waals surface area contributed by atoms with Crippen molar-refractivity contribution in [2.45, 2.75) is 58.3 Å². The molecule has 36 heavy (non-hydrogen) atoms. The Balaban J connectivity index is 2.14. The normalized spacial score (nSPS) is 25.2. The third-order valence-electron chi connectivity index (χ3n) is 5.21. The van der Waals surface area contributed by atoms with Gasteiger partial charge in [0.2, 0.25) is 6.29 Å². The highest BCUT2D eigenvalue weighted by Crippen LogP contribution is 2.37. The second kappa shape index (κ2) is 10.8. The van der Waals surface area contributed by atoms with E-state index in [0.29, 0.717) is 4.90 Å². The third kappa shape index (κ3) is 5.61. The molecule has 2 aliphatic heterocycles. The molecule has 1 aromatic rings. The summed E-state index contributed by atoms with van der Waals surface area (Å²) in [5, 5.41) is 0.0104. The summed E-state index contributed by atoms with van der Waals surface area (Å²) in [5.74, 6) is -5.04.